The molecule has 1 aliphatic carbocycles. The van der Waals surface area contributed by atoms with Gasteiger partial charge in [-0.1, -0.05) is 19.3 Å². The van der Waals surface area contributed by atoms with Crippen molar-refractivity contribution in [2.24, 2.45) is 0 Å². The van der Waals surface area contributed by atoms with E-state index in [9.17, 15) is 23.3 Å². The lowest BCUT2D eigenvalue weighted by Crippen LogP contribution is -2.52. The summed E-state index contributed by atoms with van der Waals surface area (Å²) >= 11 is 0. The monoisotopic (exact) mass is 407 g/mol. The van der Waals surface area contributed by atoms with Crippen LogP contribution in [0.5, 0.6) is 0 Å². The molecule has 1 saturated carbocycles. The van der Waals surface area contributed by atoms with Gasteiger partial charge in [-0.15, -0.1) is 0 Å². The predicted molar refractivity (Wildman–Crippen MR) is 102 cm³/mol. The molecule has 28 heavy (non-hydrogen) atoms. The summed E-state index contributed by atoms with van der Waals surface area (Å²) in [6.07, 6.45) is 2.84. The minimum atomic E-state index is -3.60. The number of esters is 1. The molecule has 0 heterocycles. The number of sulfonamides is 1. The summed E-state index contributed by atoms with van der Waals surface area (Å²) in [4.78, 5) is 24.7. The Labute approximate surface area is 165 Å². The molecule has 1 N–H and O–H groups in total. The molecule has 1 atom stereocenters. The van der Waals surface area contributed by atoms with Gasteiger partial charge in [0.25, 0.3) is 5.91 Å². The highest BCUT2D eigenvalue weighted by molar-refractivity contribution is 7.89. The van der Waals surface area contributed by atoms with Gasteiger partial charge in [0.15, 0.2) is 6.10 Å². The second-order valence-electron chi connectivity index (χ2n) is 7.10. The summed E-state index contributed by atoms with van der Waals surface area (Å²) in [5, 5.41) is 12.2. The Hall–Kier alpha value is -2.44. The van der Waals surface area contributed by atoms with Crippen molar-refractivity contribution in [3.05, 3.63) is 29.8 Å². The van der Waals surface area contributed by atoms with E-state index in [4.69, 9.17) is 4.74 Å². The van der Waals surface area contributed by atoms with Crippen molar-refractivity contribution in [1.82, 2.24) is 9.62 Å². The average molecular weight is 407 g/mol. The van der Waals surface area contributed by atoms with E-state index >= 15 is 0 Å². The highest BCUT2D eigenvalue weighted by Crippen LogP contribution is 2.27. The zero-order chi connectivity index (χ0) is 20.9. The normalized spacial score (nSPS) is 17.4. The molecule has 0 bridgehead atoms. The van der Waals surface area contributed by atoms with Crippen LogP contribution in [0.2, 0.25) is 0 Å². The largest absolute Gasteiger partial charge is 0.449 e. The van der Waals surface area contributed by atoms with Gasteiger partial charge in [-0.05, 0) is 44.0 Å². The summed E-state index contributed by atoms with van der Waals surface area (Å²) in [6, 6.07) is 7.47. The van der Waals surface area contributed by atoms with Gasteiger partial charge in [0.2, 0.25) is 10.0 Å². The second kappa shape index (κ2) is 8.71. The maximum absolute atomic E-state index is 12.4. The fraction of sp³-hybridized carbons (Fsp3) is 0.526. The van der Waals surface area contributed by atoms with Crippen LogP contribution < -0.4 is 5.32 Å². The molecule has 8 nitrogen and oxygen atoms in total. The van der Waals surface area contributed by atoms with E-state index in [1.54, 1.807) is 0 Å². The molecule has 9 heteroatoms. The van der Waals surface area contributed by atoms with Gasteiger partial charge in [-0.25, -0.2) is 17.5 Å². The van der Waals surface area contributed by atoms with Crippen LogP contribution in [-0.2, 0) is 19.6 Å². The van der Waals surface area contributed by atoms with Gasteiger partial charge in [0, 0.05) is 14.1 Å². The summed E-state index contributed by atoms with van der Waals surface area (Å²) in [7, 11) is -0.766. The van der Waals surface area contributed by atoms with Crippen LogP contribution in [0.4, 0.5) is 0 Å². The maximum atomic E-state index is 12.4. The molecule has 152 valence electrons. The van der Waals surface area contributed by atoms with Crippen LogP contribution in [0.25, 0.3) is 0 Å². The Morgan fingerprint density at radius 1 is 1.18 bits per heavy atom. The van der Waals surface area contributed by atoms with Crippen LogP contribution in [0.15, 0.2) is 29.2 Å². The number of nitrogens with one attached hydrogen (secondary N) is 1. The van der Waals surface area contributed by atoms with Crippen molar-refractivity contribution >= 4 is 21.9 Å². The van der Waals surface area contributed by atoms with Gasteiger partial charge in [-0.2, -0.15) is 5.26 Å². The average Bonchev–Trinajstić information content (AvgIpc) is 2.68. The topological polar surface area (TPSA) is 117 Å². The number of ether oxygens (including phenoxy) is 1. The molecule has 0 spiro atoms. The van der Waals surface area contributed by atoms with Crippen LogP contribution in [-0.4, -0.2) is 50.3 Å². The lowest BCUT2D eigenvalue weighted by Gasteiger charge is -2.32. The highest BCUT2D eigenvalue weighted by atomic mass is 32.2. The Balaban J connectivity index is 2.02. The van der Waals surface area contributed by atoms with E-state index in [-0.39, 0.29) is 10.5 Å². The van der Waals surface area contributed by atoms with E-state index in [0.29, 0.717) is 12.8 Å². The predicted octanol–water partition coefficient (Wildman–Crippen LogP) is 1.82. The molecule has 0 unspecified atom stereocenters. The fourth-order valence-corrected chi connectivity index (χ4v) is 3.92. The quantitative estimate of drug-likeness (QED) is 0.719. The minimum Gasteiger partial charge on any atom is -0.449 e. The van der Waals surface area contributed by atoms with Crippen LogP contribution in [0.3, 0.4) is 0 Å². The summed E-state index contributed by atoms with van der Waals surface area (Å²) < 4.78 is 30.4. The number of carbonyl (C=O) groups is 2. The Morgan fingerprint density at radius 3 is 2.25 bits per heavy atom. The summed E-state index contributed by atoms with van der Waals surface area (Å²) in [5.74, 6) is -1.27. The molecular weight excluding hydrogens is 382 g/mol. The van der Waals surface area contributed by atoms with E-state index in [1.807, 2.05) is 0 Å². The molecular formula is C19H25N3O5S. The van der Waals surface area contributed by atoms with Crippen molar-refractivity contribution in [3.63, 3.8) is 0 Å². The van der Waals surface area contributed by atoms with Crippen molar-refractivity contribution in [3.8, 4) is 6.07 Å². The van der Waals surface area contributed by atoms with Crippen molar-refractivity contribution in [1.29, 1.82) is 5.26 Å². The molecule has 0 saturated heterocycles. The fourth-order valence-electron chi connectivity index (χ4n) is 3.01. The number of rotatable bonds is 6. The van der Waals surface area contributed by atoms with Gasteiger partial charge in [-0.3, -0.25) is 4.79 Å². The van der Waals surface area contributed by atoms with Crippen LogP contribution in [0.1, 0.15) is 49.4 Å². The lowest BCUT2D eigenvalue weighted by atomic mass is 9.83. The first-order chi connectivity index (χ1) is 13.1. The number of nitriles is 1. The Bertz CT molecular complexity index is 866. The molecule has 1 aromatic carbocycles. The van der Waals surface area contributed by atoms with E-state index < -0.39 is 33.5 Å². The van der Waals surface area contributed by atoms with Gasteiger partial charge < -0.3 is 10.1 Å². The molecule has 1 aromatic rings. The van der Waals surface area contributed by atoms with Gasteiger partial charge in [0.1, 0.15) is 5.54 Å². The highest BCUT2D eigenvalue weighted by Gasteiger charge is 2.35. The van der Waals surface area contributed by atoms with Gasteiger partial charge >= 0.3 is 5.97 Å². The molecule has 0 aliphatic heterocycles. The van der Waals surface area contributed by atoms with Crippen LogP contribution in [0, 0.1) is 11.3 Å². The van der Waals surface area contributed by atoms with Crippen molar-refractivity contribution < 1.29 is 22.7 Å². The van der Waals surface area contributed by atoms with Crippen LogP contribution >= 0.6 is 0 Å². The van der Waals surface area contributed by atoms with E-state index in [2.05, 4.69) is 11.4 Å². The first-order valence-electron chi connectivity index (χ1n) is 9.08. The third-order valence-electron chi connectivity index (χ3n) is 4.81. The third kappa shape index (κ3) is 4.88. The third-order valence-corrected chi connectivity index (χ3v) is 6.63. The number of carbonyl (C=O) groups excluding carboxylic acids is 2. The standard InChI is InChI=1S/C19H25N3O5S/c1-14(17(23)21-19(13-20)11-5-4-6-12-19)27-18(24)15-7-9-16(10-8-15)28(25,26)22(2)3/h7-10,14H,4-6,11-12H2,1-3H3,(H,21,23)/t14-/m0/s1. The van der Waals surface area contributed by atoms with Crippen molar-refractivity contribution in [2.75, 3.05) is 14.1 Å². The lowest BCUT2D eigenvalue weighted by molar-refractivity contribution is -0.130. The first-order valence-corrected chi connectivity index (χ1v) is 10.5. The summed E-state index contributed by atoms with van der Waals surface area (Å²) in [5.41, 5.74) is -0.775. The minimum absolute atomic E-state index is 0.0492. The molecule has 1 aliphatic rings. The SMILES string of the molecule is C[C@H](OC(=O)c1ccc(S(=O)(=O)N(C)C)cc1)C(=O)NC1(C#N)CCCCC1. The molecule has 0 radical (unpaired) electrons. The van der Waals surface area contributed by atoms with E-state index in [1.165, 1.54) is 45.3 Å². The number of hydrogen-bond acceptors (Lipinski definition) is 6. The Morgan fingerprint density at radius 2 is 1.75 bits per heavy atom. The zero-order valence-electron chi connectivity index (χ0n) is 16.3. The van der Waals surface area contributed by atoms with Crippen molar-refractivity contribution in [2.45, 2.75) is 55.6 Å². The maximum Gasteiger partial charge on any atom is 0.338 e. The zero-order valence-corrected chi connectivity index (χ0v) is 17.1. The van der Waals surface area contributed by atoms with E-state index in [0.717, 1.165) is 23.6 Å². The number of benzene rings is 1. The second-order valence-corrected chi connectivity index (χ2v) is 9.25. The molecule has 2 rings (SSSR count). The molecule has 1 fully saturated rings. The summed E-state index contributed by atoms with van der Waals surface area (Å²) in [6.45, 7) is 1.44. The smallest absolute Gasteiger partial charge is 0.338 e. The van der Waals surface area contributed by atoms with Gasteiger partial charge in [0.05, 0.1) is 16.5 Å². The Kier molecular flexibility index (Phi) is 6.80. The number of nitrogens with zero attached hydrogens (tertiary/aromatic N) is 2. The molecule has 0 aromatic heterocycles. The molecule has 1 amide bonds. The number of amides is 1. The first kappa shape index (κ1) is 21.9. The number of hydrogen-bond donors (Lipinski definition) is 1.